The maximum atomic E-state index is 11.2. The highest BCUT2D eigenvalue weighted by Gasteiger charge is 2.34. The molecule has 2 rings (SSSR count). The third-order valence-electron chi connectivity index (χ3n) is 3.91. The number of carboxylic acids is 1. The van der Waals surface area contributed by atoms with Gasteiger partial charge in [0, 0.05) is 6.04 Å². The van der Waals surface area contributed by atoms with E-state index in [9.17, 15) is 9.90 Å². The topological polar surface area (TPSA) is 40.5 Å². The second-order valence-corrected chi connectivity index (χ2v) is 4.89. The molecule has 1 heterocycles. The van der Waals surface area contributed by atoms with Gasteiger partial charge >= 0.3 is 5.97 Å². The molecule has 0 spiro atoms. The first-order chi connectivity index (χ1) is 7.29. The van der Waals surface area contributed by atoms with Crippen molar-refractivity contribution in [3.8, 4) is 0 Å². The van der Waals surface area contributed by atoms with Gasteiger partial charge in [-0.1, -0.05) is 19.3 Å². The average molecular weight is 211 g/mol. The minimum atomic E-state index is -0.575. The van der Waals surface area contributed by atoms with Crippen molar-refractivity contribution in [3.05, 3.63) is 0 Å². The van der Waals surface area contributed by atoms with Crippen molar-refractivity contribution in [2.45, 2.75) is 51.0 Å². The first kappa shape index (κ1) is 10.9. The Morgan fingerprint density at radius 3 is 2.33 bits per heavy atom. The molecule has 1 saturated carbocycles. The predicted molar refractivity (Wildman–Crippen MR) is 58.8 cm³/mol. The van der Waals surface area contributed by atoms with Crippen molar-refractivity contribution >= 4 is 5.97 Å². The molecule has 15 heavy (non-hydrogen) atoms. The van der Waals surface area contributed by atoms with E-state index in [4.69, 9.17) is 0 Å². The van der Waals surface area contributed by atoms with Crippen LogP contribution < -0.4 is 0 Å². The molecule has 1 aliphatic carbocycles. The second-order valence-electron chi connectivity index (χ2n) is 4.89. The van der Waals surface area contributed by atoms with Crippen LogP contribution in [0.1, 0.15) is 44.9 Å². The molecule has 3 heteroatoms. The molecule has 3 nitrogen and oxygen atoms in total. The number of carbonyl (C=O) groups is 1. The third kappa shape index (κ3) is 2.51. The van der Waals surface area contributed by atoms with Crippen LogP contribution in [0.2, 0.25) is 0 Å². The summed E-state index contributed by atoms with van der Waals surface area (Å²) in [6.45, 7) is 2.24. The molecule has 0 amide bonds. The van der Waals surface area contributed by atoms with Crippen LogP contribution in [0.4, 0.5) is 0 Å². The van der Waals surface area contributed by atoms with Crippen LogP contribution in [0, 0.1) is 5.92 Å². The fraction of sp³-hybridized carbons (Fsp3) is 0.917. The highest BCUT2D eigenvalue weighted by molar-refractivity contribution is 5.70. The third-order valence-corrected chi connectivity index (χ3v) is 3.91. The Kier molecular flexibility index (Phi) is 3.62. The van der Waals surface area contributed by atoms with Crippen LogP contribution in [-0.2, 0) is 4.79 Å². The normalized spacial score (nSPS) is 33.9. The van der Waals surface area contributed by atoms with Gasteiger partial charge in [-0.3, -0.25) is 9.69 Å². The minimum Gasteiger partial charge on any atom is -0.481 e. The Morgan fingerprint density at radius 2 is 1.67 bits per heavy atom. The van der Waals surface area contributed by atoms with E-state index < -0.39 is 5.97 Å². The summed E-state index contributed by atoms with van der Waals surface area (Å²) in [5.74, 6) is -0.681. The number of nitrogens with zero attached hydrogens (tertiary/aromatic N) is 1. The molecular formula is C12H21NO2. The number of hydrogen-bond acceptors (Lipinski definition) is 2. The number of hydrogen-bond donors (Lipinski definition) is 1. The maximum absolute atomic E-state index is 11.2. The standard InChI is InChI=1S/C12H21NO2/c14-12(15)10-6-2-1-3-7-11(10)13-8-4-5-9-13/h10-11H,1-9H2,(H,14,15). The summed E-state index contributed by atoms with van der Waals surface area (Å²) in [6, 6.07) is 0.326. The first-order valence-electron chi connectivity index (χ1n) is 6.26. The highest BCUT2D eigenvalue weighted by atomic mass is 16.4. The van der Waals surface area contributed by atoms with Crippen LogP contribution in [0.3, 0.4) is 0 Å². The van der Waals surface area contributed by atoms with E-state index in [1.54, 1.807) is 0 Å². The van der Waals surface area contributed by atoms with Gasteiger partial charge in [-0.2, -0.15) is 0 Å². The molecule has 0 radical (unpaired) electrons. The number of carboxylic acid groups (broad SMARTS) is 1. The van der Waals surface area contributed by atoms with Crippen LogP contribution in [-0.4, -0.2) is 35.1 Å². The molecule has 1 saturated heterocycles. The molecule has 2 aliphatic rings. The molecule has 2 fully saturated rings. The quantitative estimate of drug-likeness (QED) is 0.711. The second kappa shape index (κ2) is 4.97. The fourth-order valence-electron chi connectivity index (χ4n) is 3.09. The van der Waals surface area contributed by atoms with Crippen LogP contribution >= 0.6 is 0 Å². The number of aliphatic carboxylic acids is 1. The molecular weight excluding hydrogens is 190 g/mol. The maximum Gasteiger partial charge on any atom is 0.308 e. The van der Waals surface area contributed by atoms with Gasteiger partial charge in [-0.15, -0.1) is 0 Å². The van der Waals surface area contributed by atoms with Crippen molar-refractivity contribution in [2.24, 2.45) is 5.92 Å². The van der Waals surface area contributed by atoms with Crippen molar-refractivity contribution in [2.75, 3.05) is 13.1 Å². The lowest BCUT2D eigenvalue weighted by Crippen LogP contribution is -2.41. The Labute approximate surface area is 91.5 Å². The summed E-state index contributed by atoms with van der Waals surface area (Å²) < 4.78 is 0. The largest absolute Gasteiger partial charge is 0.481 e. The Morgan fingerprint density at radius 1 is 1.00 bits per heavy atom. The Balaban J connectivity index is 2.05. The van der Waals surface area contributed by atoms with Crippen molar-refractivity contribution in [1.82, 2.24) is 4.90 Å². The molecule has 0 aromatic rings. The van der Waals surface area contributed by atoms with E-state index in [1.807, 2.05) is 0 Å². The lowest BCUT2D eigenvalue weighted by Gasteiger charge is -2.30. The Hall–Kier alpha value is -0.570. The van der Waals surface area contributed by atoms with Crippen molar-refractivity contribution in [1.29, 1.82) is 0 Å². The molecule has 0 bridgehead atoms. The van der Waals surface area contributed by atoms with Gasteiger partial charge in [0.1, 0.15) is 0 Å². The molecule has 1 aliphatic heterocycles. The Bertz CT molecular complexity index is 224. The predicted octanol–water partition coefficient (Wildman–Crippen LogP) is 2.12. The first-order valence-corrected chi connectivity index (χ1v) is 6.26. The fourth-order valence-corrected chi connectivity index (χ4v) is 3.09. The van der Waals surface area contributed by atoms with Crippen LogP contribution in [0.15, 0.2) is 0 Å². The van der Waals surface area contributed by atoms with Crippen LogP contribution in [0.25, 0.3) is 0 Å². The van der Waals surface area contributed by atoms with Crippen molar-refractivity contribution in [3.63, 3.8) is 0 Å². The van der Waals surface area contributed by atoms with Gasteiger partial charge in [0.05, 0.1) is 5.92 Å². The SMILES string of the molecule is O=C(O)C1CCCCCC1N1CCCC1. The van der Waals surface area contributed by atoms with E-state index in [0.29, 0.717) is 6.04 Å². The average Bonchev–Trinajstić information content (AvgIpc) is 2.61. The van der Waals surface area contributed by atoms with Crippen molar-refractivity contribution < 1.29 is 9.90 Å². The molecule has 86 valence electrons. The molecule has 2 unspecified atom stereocenters. The van der Waals surface area contributed by atoms with Gasteiger partial charge in [-0.25, -0.2) is 0 Å². The van der Waals surface area contributed by atoms with E-state index in [-0.39, 0.29) is 5.92 Å². The summed E-state index contributed by atoms with van der Waals surface area (Å²) in [5.41, 5.74) is 0. The van der Waals surface area contributed by atoms with Gasteiger partial charge in [0.15, 0.2) is 0 Å². The lowest BCUT2D eigenvalue weighted by atomic mass is 9.94. The minimum absolute atomic E-state index is 0.106. The van der Waals surface area contributed by atoms with Gasteiger partial charge in [-0.05, 0) is 38.8 Å². The van der Waals surface area contributed by atoms with Gasteiger partial charge in [0.25, 0.3) is 0 Å². The zero-order chi connectivity index (χ0) is 10.7. The summed E-state index contributed by atoms with van der Waals surface area (Å²) in [6.07, 6.45) is 8.01. The number of likely N-dealkylation sites (tertiary alicyclic amines) is 1. The lowest BCUT2D eigenvalue weighted by molar-refractivity contribution is -0.144. The van der Waals surface area contributed by atoms with E-state index in [1.165, 1.54) is 25.7 Å². The zero-order valence-electron chi connectivity index (χ0n) is 9.32. The van der Waals surface area contributed by atoms with E-state index >= 15 is 0 Å². The van der Waals surface area contributed by atoms with E-state index in [0.717, 1.165) is 32.4 Å². The molecule has 1 N–H and O–H groups in total. The summed E-state index contributed by atoms with van der Waals surface area (Å²) in [5, 5.41) is 9.27. The van der Waals surface area contributed by atoms with E-state index in [2.05, 4.69) is 4.90 Å². The summed E-state index contributed by atoms with van der Waals surface area (Å²) in [4.78, 5) is 13.7. The molecule has 0 aromatic carbocycles. The highest BCUT2D eigenvalue weighted by Crippen LogP contribution is 2.29. The monoisotopic (exact) mass is 211 g/mol. The van der Waals surface area contributed by atoms with Gasteiger partial charge in [0.2, 0.25) is 0 Å². The molecule has 0 aromatic heterocycles. The smallest absolute Gasteiger partial charge is 0.308 e. The summed E-state index contributed by atoms with van der Waals surface area (Å²) >= 11 is 0. The van der Waals surface area contributed by atoms with Crippen LogP contribution in [0.5, 0.6) is 0 Å². The molecule has 2 atom stereocenters. The summed E-state index contributed by atoms with van der Waals surface area (Å²) in [7, 11) is 0. The van der Waals surface area contributed by atoms with Gasteiger partial charge < -0.3 is 5.11 Å². The number of rotatable bonds is 2. The zero-order valence-corrected chi connectivity index (χ0v) is 9.32.